The summed E-state index contributed by atoms with van der Waals surface area (Å²) in [6, 6.07) is 18.9. The maximum Gasteiger partial charge on any atom is 0.186 e. The number of hydrogen-bond donors (Lipinski definition) is 0. The minimum absolute atomic E-state index is 0. The monoisotopic (exact) mass is 407 g/mol. The third-order valence-electron chi connectivity index (χ3n) is 4.81. The van der Waals surface area contributed by atoms with E-state index in [9.17, 15) is 0 Å². The fourth-order valence-corrected chi connectivity index (χ4v) is 4.78. The van der Waals surface area contributed by atoms with Crippen molar-refractivity contribution in [3.05, 3.63) is 82.3 Å². The Bertz CT molecular complexity index is 1270. The van der Waals surface area contributed by atoms with E-state index in [2.05, 4.69) is 72.3 Å². The van der Waals surface area contributed by atoms with Crippen LogP contribution in [0.5, 0.6) is 0 Å². The lowest BCUT2D eigenvalue weighted by Gasteiger charge is -2.12. The van der Waals surface area contributed by atoms with Gasteiger partial charge >= 0.3 is 0 Å². The van der Waals surface area contributed by atoms with Gasteiger partial charge in [-0.15, -0.1) is 0 Å². The number of fused-ring (bicyclic) bond motifs is 4. The molecule has 3 aliphatic rings. The molecule has 0 radical (unpaired) electrons. The molecule has 0 bridgehead atoms. The number of pyridine rings is 1. The lowest BCUT2D eigenvalue weighted by atomic mass is 10.1. The van der Waals surface area contributed by atoms with E-state index < -0.39 is 0 Å². The van der Waals surface area contributed by atoms with Gasteiger partial charge in [0.1, 0.15) is 10.2 Å². The maximum absolute atomic E-state index is 6.06. The second-order valence-corrected chi connectivity index (χ2v) is 7.89. The third-order valence-corrected chi connectivity index (χ3v) is 6.20. The van der Waals surface area contributed by atoms with Crippen LogP contribution in [0.25, 0.3) is 34.2 Å². The summed E-state index contributed by atoms with van der Waals surface area (Å²) in [7, 11) is 2.14. The molecule has 0 unspecified atom stereocenters. The SMILES string of the molecule is Cn1c2c3ccccc3cc-2c(Sc2ccc(Cl)cc2)c2c1=CC=C[C+]=2.[Cl-]. The van der Waals surface area contributed by atoms with Gasteiger partial charge < -0.3 is 17.0 Å². The van der Waals surface area contributed by atoms with Gasteiger partial charge in [0.15, 0.2) is 5.22 Å². The molecule has 0 saturated heterocycles. The predicted molar refractivity (Wildman–Crippen MR) is 111 cm³/mol. The van der Waals surface area contributed by atoms with E-state index in [1.165, 1.54) is 37.2 Å². The Labute approximate surface area is 173 Å². The van der Waals surface area contributed by atoms with Crippen LogP contribution in [0.15, 0.2) is 76.5 Å². The number of nitrogens with zero attached hydrogens (tertiary/aromatic N) is 1. The normalized spacial score (nSPS) is 12.1. The van der Waals surface area contributed by atoms with Crippen LogP contribution in [0.4, 0.5) is 0 Å². The molecule has 27 heavy (non-hydrogen) atoms. The number of allylic oxidation sites excluding steroid dienone is 2. The Morgan fingerprint density at radius 3 is 2.63 bits per heavy atom. The van der Waals surface area contributed by atoms with Gasteiger partial charge in [0, 0.05) is 40.6 Å². The molecule has 1 nitrogen and oxygen atoms in total. The van der Waals surface area contributed by atoms with E-state index in [1.807, 2.05) is 18.2 Å². The highest BCUT2D eigenvalue weighted by Crippen LogP contribution is 2.40. The van der Waals surface area contributed by atoms with Crippen molar-refractivity contribution >= 4 is 46.3 Å². The Morgan fingerprint density at radius 1 is 1.04 bits per heavy atom. The molecule has 0 fully saturated rings. The molecule has 132 valence electrons. The third kappa shape index (κ3) is 2.96. The predicted octanol–water partition coefficient (Wildman–Crippen LogP) is 2.10. The van der Waals surface area contributed by atoms with Crippen LogP contribution in [0.1, 0.15) is 0 Å². The highest BCUT2D eigenvalue weighted by atomic mass is 35.5. The number of rotatable bonds is 2. The Kier molecular flexibility index (Phi) is 4.75. The average molecular weight is 408 g/mol. The summed E-state index contributed by atoms with van der Waals surface area (Å²) < 4.78 is 2.29. The zero-order valence-corrected chi connectivity index (χ0v) is 16.9. The molecule has 0 aromatic heterocycles. The first-order chi connectivity index (χ1) is 12.7. The van der Waals surface area contributed by atoms with Crippen molar-refractivity contribution in [1.29, 1.82) is 0 Å². The molecule has 2 aliphatic carbocycles. The molecule has 0 amide bonds. The van der Waals surface area contributed by atoms with Gasteiger partial charge in [-0.3, -0.25) is 0 Å². The van der Waals surface area contributed by atoms with Crippen molar-refractivity contribution in [2.75, 3.05) is 0 Å². The molecule has 0 saturated carbocycles. The van der Waals surface area contributed by atoms with Crippen molar-refractivity contribution in [3.8, 4) is 11.3 Å². The first kappa shape index (κ1) is 18.2. The first-order valence-electron chi connectivity index (χ1n) is 8.46. The molecule has 0 spiro atoms. The fourth-order valence-electron chi connectivity index (χ4n) is 3.61. The van der Waals surface area contributed by atoms with Crippen LogP contribution in [-0.2, 0) is 7.05 Å². The van der Waals surface area contributed by atoms with Gasteiger partial charge in [-0.05, 0) is 47.5 Å². The van der Waals surface area contributed by atoms with Crippen molar-refractivity contribution < 1.29 is 12.4 Å². The zero-order valence-electron chi connectivity index (χ0n) is 14.5. The van der Waals surface area contributed by atoms with Crippen LogP contribution < -0.4 is 23.0 Å². The summed E-state index contributed by atoms with van der Waals surface area (Å²) in [6.45, 7) is 0. The Morgan fingerprint density at radius 2 is 1.81 bits per heavy atom. The summed E-state index contributed by atoms with van der Waals surface area (Å²) in [5.41, 5.74) is 2.53. The fraction of sp³-hybridized carbons (Fsp3) is 0.0435. The molecule has 1 aliphatic heterocycles. The molecule has 5 rings (SSSR count). The van der Waals surface area contributed by atoms with Crippen molar-refractivity contribution in [3.63, 3.8) is 0 Å². The van der Waals surface area contributed by atoms with Crippen LogP contribution in [0, 0.1) is 0 Å². The molecule has 2 aromatic carbocycles. The highest BCUT2D eigenvalue weighted by molar-refractivity contribution is 7.99. The van der Waals surface area contributed by atoms with Gasteiger partial charge in [0.25, 0.3) is 0 Å². The molecule has 0 atom stereocenters. The quantitative estimate of drug-likeness (QED) is 0.460. The molecule has 4 heteroatoms. The molecular weight excluding hydrogens is 393 g/mol. The van der Waals surface area contributed by atoms with Gasteiger partial charge in [0.2, 0.25) is 0 Å². The zero-order chi connectivity index (χ0) is 17.7. The topological polar surface area (TPSA) is 4.93 Å². The maximum atomic E-state index is 6.06. The summed E-state index contributed by atoms with van der Waals surface area (Å²) in [5.74, 6) is 0. The van der Waals surface area contributed by atoms with Gasteiger partial charge in [-0.2, -0.15) is 0 Å². The van der Waals surface area contributed by atoms with Gasteiger partial charge in [0.05, 0.1) is 17.3 Å². The molecular formula is C23H15Cl2NS. The second-order valence-electron chi connectivity index (χ2n) is 6.37. The number of benzene rings is 2. The summed E-state index contributed by atoms with van der Waals surface area (Å²) in [4.78, 5) is 2.42. The van der Waals surface area contributed by atoms with E-state index in [0.29, 0.717) is 0 Å². The van der Waals surface area contributed by atoms with E-state index in [-0.39, 0.29) is 12.4 Å². The summed E-state index contributed by atoms with van der Waals surface area (Å²) in [6.07, 6.45) is 9.67. The van der Waals surface area contributed by atoms with Crippen LogP contribution >= 0.6 is 23.4 Å². The minimum atomic E-state index is 0. The van der Waals surface area contributed by atoms with Crippen LogP contribution in [0.2, 0.25) is 5.02 Å². The van der Waals surface area contributed by atoms with E-state index in [1.54, 1.807) is 11.8 Å². The van der Waals surface area contributed by atoms with Crippen molar-refractivity contribution in [2.45, 2.75) is 9.79 Å². The van der Waals surface area contributed by atoms with E-state index in [0.717, 1.165) is 10.2 Å². The van der Waals surface area contributed by atoms with Crippen molar-refractivity contribution in [1.82, 2.24) is 4.57 Å². The molecule has 2 aromatic rings. The van der Waals surface area contributed by atoms with E-state index in [4.69, 9.17) is 11.6 Å². The van der Waals surface area contributed by atoms with E-state index >= 15 is 0 Å². The van der Waals surface area contributed by atoms with Gasteiger partial charge in [-0.1, -0.05) is 35.9 Å². The van der Waals surface area contributed by atoms with Gasteiger partial charge in [-0.25, -0.2) is 0 Å². The summed E-state index contributed by atoms with van der Waals surface area (Å²) in [5, 5.41) is 5.65. The number of halogens is 2. The molecule has 0 N–H and O–H groups in total. The standard InChI is InChI=1S/C23H15ClNS.ClH/c1-25-21-9-5-4-8-19(21)23(26-17-12-10-16(24)11-13-17)20-14-15-6-2-3-7-18(15)22(20)25;/h2-7,9-14H,1H3;1H/q+1;/p-1. The van der Waals surface area contributed by atoms with Crippen molar-refractivity contribution in [2.24, 2.45) is 7.05 Å². The smallest absolute Gasteiger partial charge is 0.186 e. The Balaban J connectivity index is 0.00000180. The number of hydrogen-bond acceptors (Lipinski definition) is 1. The first-order valence-corrected chi connectivity index (χ1v) is 9.66. The lowest BCUT2D eigenvalue weighted by Crippen LogP contribution is -3.00. The van der Waals surface area contributed by atoms with Crippen LogP contribution in [-0.4, -0.2) is 4.57 Å². The minimum Gasteiger partial charge on any atom is -1.00 e. The average Bonchev–Trinajstić information content (AvgIpc) is 3.06. The Hall–Kier alpha value is -2.22. The lowest BCUT2D eigenvalue weighted by molar-refractivity contribution is -0.00000483. The van der Waals surface area contributed by atoms with Crippen LogP contribution in [0.3, 0.4) is 0 Å². The highest BCUT2D eigenvalue weighted by Gasteiger charge is 2.25. The second kappa shape index (κ2) is 7.07. The summed E-state index contributed by atoms with van der Waals surface area (Å²) >= 11 is 7.84. The number of aromatic nitrogens is 1. The largest absolute Gasteiger partial charge is 1.00 e. The molecule has 1 heterocycles.